The first-order chi connectivity index (χ1) is 10.2. The van der Waals surface area contributed by atoms with Gasteiger partial charge in [0, 0.05) is 19.8 Å². The van der Waals surface area contributed by atoms with Gasteiger partial charge in [-0.1, -0.05) is 0 Å². The zero-order chi connectivity index (χ0) is 15.5. The van der Waals surface area contributed by atoms with Crippen LogP contribution < -0.4 is 11.1 Å². The lowest BCUT2D eigenvalue weighted by molar-refractivity contribution is 0.0488. The van der Waals surface area contributed by atoms with Gasteiger partial charge in [0.25, 0.3) is 0 Å². The van der Waals surface area contributed by atoms with Gasteiger partial charge < -0.3 is 24.9 Å². The molecule has 1 rings (SSSR count). The minimum absolute atomic E-state index is 0. The molecule has 1 heterocycles. The van der Waals surface area contributed by atoms with Crippen molar-refractivity contribution in [3.63, 3.8) is 0 Å². The molecular formula is C14H24IN3O4. The van der Waals surface area contributed by atoms with Crippen LogP contribution in [0, 0.1) is 0 Å². The minimum Gasteiger partial charge on any atom is -0.460 e. The molecule has 0 aliphatic carbocycles. The van der Waals surface area contributed by atoms with Gasteiger partial charge in [0.2, 0.25) is 5.76 Å². The monoisotopic (exact) mass is 425 g/mol. The summed E-state index contributed by atoms with van der Waals surface area (Å²) in [4.78, 5) is 15.6. The van der Waals surface area contributed by atoms with Crippen molar-refractivity contribution in [2.75, 3.05) is 26.4 Å². The second-order valence-corrected chi connectivity index (χ2v) is 4.17. The molecule has 7 nitrogen and oxygen atoms in total. The highest BCUT2D eigenvalue weighted by Gasteiger charge is 2.11. The van der Waals surface area contributed by atoms with Gasteiger partial charge in [0.15, 0.2) is 5.96 Å². The van der Waals surface area contributed by atoms with E-state index < -0.39 is 5.97 Å². The van der Waals surface area contributed by atoms with Crippen molar-refractivity contribution in [2.24, 2.45) is 10.7 Å². The average Bonchev–Trinajstić information content (AvgIpc) is 2.94. The molecule has 0 saturated heterocycles. The molecular weight excluding hydrogens is 401 g/mol. The third kappa shape index (κ3) is 8.23. The Labute approximate surface area is 147 Å². The molecule has 0 aliphatic heterocycles. The van der Waals surface area contributed by atoms with E-state index in [2.05, 4.69) is 10.3 Å². The van der Waals surface area contributed by atoms with Crippen molar-refractivity contribution in [1.82, 2.24) is 5.32 Å². The maximum absolute atomic E-state index is 11.4. The predicted octanol–water partition coefficient (Wildman–Crippen LogP) is 1.91. The van der Waals surface area contributed by atoms with Gasteiger partial charge in [-0.25, -0.2) is 9.79 Å². The molecule has 22 heavy (non-hydrogen) atoms. The average molecular weight is 425 g/mol. The zero-order valence-corrected chi connectivity index (χ0v) is 15.3. The second-order valence-electron chi connectivity index (χ2n) is 4.17. The van der Waals surface area contributed by atoms with Crippen LogP contribution in [0.3, 0.4) is 0 Å². The predicted molar refractivity (Wildman–Crippen MR) is 94.5 cm³/mol. The number of guanidine groups is 1. The van der Waals surface area contributed by atoms with Crippen molar-refractivity contribution in [3.05, 3.63) is 23.7 Å². The van der Waals surface area contributed by atoms with Crippen LogP contribution in [-0.2, 0) is 16.0 Å². The summed E-state index contributed by atoms with van der Waals surface area (Å²) < 4.78 is 15.4. The first-order valence-corrected chi connectivity index (χ1v) is 7.04. The fraction of sp³-hybridized carbons (Fsp3) is 0.571. The van der Waals surface area contributed by atoms with Gasteiger partial charge >= 0.3 is 5.97 Å². The summed E-state index contributed by atoms with van der Waals surface area (Å²) >= 11 is 0. The van der Waals surface area contributed by atoms with E-state index in [-0.39, 0.29) is 36.3 Å². The van der Waals surface area contributed by atoms with Crippen molar-refractivity contribution in [3.8, 4) is 0 Å². The standard InChI is InChI=1S/C14H23N3O4.HI/c1-3-19-9-5-8-16-14(15)17-10-11-6-7-12(21-11)13(18)20-4-2;/h6-7H,3-5,8-10H2,1-2H3,(H3,15,16,17);1H. The van der Waals surface area contributed by atoms with Gasteiger partial charge in [-0.2, -0.15) is 0 Å². The number of hydrogen-bond donors (Lipinski definition) is 2. The van der Waals surface area contributed by atoms with E-state index in [1.165, 1.54) is 0 Å². The van der Waals surface area contributed by atoms with E-state index in [0.717, 1.165) is 6.42 Å². The Morgan fingerprint density at radius 1 is 1.36 bits per heavy atom. The lowest BCUT2D eigenvalue weighted by Crippen LogP contribution is -2.32. The van der Waals surface area contributed by atoms with Crippen LogP contribution in [-0.4, -0.2) is 38.3 Å². The smallest absolute Gasteiger partial charge is 0.374 e. The quantitative estimate of drug-likeness (QED) is 0.206. The Kier molecular flexibility index (Phi) is 11.6. The fourth-order valence-electron chi connectivity index (χ4n) is 1.53. The van der Waals surface area contributed by atoms with E-state index in [9.17, 15) is 4.79 Å². The Hall–Kier alpha value is -1.29. The van der Waals surface area contributed by atoms with Crippen LogP contribution in [0.5, 0.6) is 0 Å². The number of nitrogens with two attached hydrogens (primary N) is 1. The summed E-state index contributed by atoms with van der Waals surface area (Å²) in [5.41, 5.74) is 5.72. The number of ether oxygens (including phenoxy) is 2. The fourth-order valence-corrected chi connectivity index (χ4v) is 1.53. The van der Waals surface area contributed by atoms with E-state index in [1.54, 1.807) is 19.1 Å². The molecule has 1 aromatic rings. The molecule has 0 aromatic carbocycles. The Morgan fingerprint density at radius 3 is 2.82 bits per heavy atom. The van der Waals surface area contributed by atoms with Gasteiger partial charge in [-0.05, 0) is 32.4 Å². The molecule has 0 unspecified atom stereocenters. The van der Waals surface area contributed by atoms with E-state index >= 15 is 0 Å². The molecule has 0 atom stereocenters. The normalized spacial score (nSPS) is 10.9. The Bertz CT molecular complexity index is 463. The summed E-state index contributed by atoms with van der Waals surface area (Å²) in [5, 5.41) is 2.98. The van der Waals surface area contributed by atoms with Crippen LogP contribution in [0.2, 0.25) is 0 Å². The maximum atomic E-state index is 11.4. The Morgan fingerprint density at radius 2 is 2.14 bits per heavy atom. The van der Waals surface area contributed by atoms with Crippen LogP contribution in [0.4, 0.5) is 0 Å². The molecule has 3 N–H and O–H groups in total. The maximum Gasteiger partial charge on any atom is 0.374 e. The van der Waals surface area contributed by atoms with Gasteiger partial charge in [-0.3, -0.25) is 0 Å². The van der Waals surface area contributed by atoms with Gasteiger partial charge in [0.1, 0.15) is 12.3 Å². The van der Waals surface area contributed by atoms with Crippen LogP contribution in [0.25, 0.3) is 0 Å². The molecule has 0 spiro atoms. The molecule has 0 radical (unpaired) electrons. The lowest BCUT2D eigenvalue weighted by Gasteiger charge is -2.05. The highest BCUT2D eigenvalue weighted by molar-refractivity contribution is 14.0. The lowest BCUT2D eigenvalue weighted by atomic mass is 10.4. The first kappa shape index (κ1) is 20.7. The van der Waals surface area contributed by atoms with Crippen molar-refractivity contribution < 1.29 is 18.7 Å². The van der Waals surface area contributed by atoms with E-state index in [4.69, 9.17) is 19.6 Å². The number of halogens is 1. The number of hydrogen-bond acceptors (Lipinski definition) is 5. The van der Waals surface area contributed by atoms with Crippen LogP contribution in [0.1, 0.15) is 36.6 Å². The number of carbonyl (C=O) groups is 1. The molecule has 0 fully saturated rings. The van der Waals surface area contributed by atoms with Crippen LogP contribution >= 0.6 is 24.0 Å². The van der Waals surface area contributed by atoms with Gasteiger partial charge in [-0.15, -0.1) is 24.0 Å². The first-order valence-electron chi connectivity index (χ1n) is 7.04. The molecule has 0 aliphatic rings. The highest BCUT2D eigenvalue weighted by Crippen LogP contribution is 2.10. The molecule has 8 heteroatoms. The second kappa shape index (κ2) is 12.3. The molecule has 1 aromatic heterocycles. The Balaban J connectivity index is 0.00000441. The highest BCUT2D eigenvalue weighted by atomic mass is 127. The number of rotatable bonds is 9. The van der Waals surface area contributed by atoms with Crippen molar-refractivity contribution in [1.29, 1.82) is 0 Å². The number of esters is 1. The summed E-state index contributed by atoms with van der Waals surface area (Å²) in [7, 11) is 0. The molecule has 0 bridgehead atoms. The molecule has 0 amide bonds. The molecule has 0 saturated carbocycles. The third-order valence-corrected chi connectivity index (χ3v) is 2.52. The van der Waals surface area contributed by atoms with Crippen LogP contribution in [0.15, 0.2) is 21.5 Å². The summed E-state index contributed by atoms with van der Waals surface area (Å²) in [5.74, 6) is 0.581. The zero-order valence-electron chi connectivity index (χ0n) is 13.0. The summed E-state index contributed by atoms with van der Waals surface area (Å²) in [6.07, 6.45) is 0.859. The van der Waals surface area contributed by atoms with Crippen molar-refractivity contribution in [2.45, 2.75) is 26.8 Å². The number of nitrogens with one attached hydrogen (secondary N) is 1. The van der Waals surface area contributed by atoms with Crippen molar-refractivity contribution >= 4 is 35.9 Å². The topological polar surface area (TPSA) is 99.1 Å². The van der Waals surface area contributed by atoms with Gasteiger partial charge in [0.05, 0.1) is 6.61 Å². The largest absolute Gasteiger partial charge is 0.460 e. The SMILES string of the molecule is CCOCCCNC(N)=NCc1ccc(C(=O)OCC)o1.I. The number of nitrogens with zero attached hydrogens (tertiary/aromatic N) is 1. The summed E-state index contributed by atoms with van der Waals surface area (Å²) in [6.45, 7) is 6.38. The third-order valence-electron chi connectivity index (χ3n) is 2.52. The number of furan rings is 1. The van der Waals surface area contributed by atoms with E-state index in [1.807, 2.05) is 6.92 Å². The number of carbonyl (C=O) groups excluding carboxylic acids is 1. The minimum atomic E-state index is -0.477. The number of aliphatic imine (C=N–C) groups is 1. The summed E-state index contributed by atoms with van der Waals surface area (Å²) in [6, 6.07) is 3.24. The molecule has 126 valence electrons. The van der Waals surface area contributed by atoms with E-state index in [0.29, 0.717) is 38.1 Å².